The Labute approximate surface area is 181 Å². The van der Waals surface area contributed by atoms with Crippen LogP contribution in [0.15, 0.2) is 60.9 Å². The molecule has 0 aliphatic carbocycles. The molecule has 0 atom stereocenters. The third-order valence-electron chi connectivity index (χ3n) is 5.71. The lowest BCUT2D eigenvalue weighted by Crippen LogP contribution is -2.46. The first-order valence-corrected chi connectivity index (χ1v) is 10.4. The van der Waals surface area contributed by atoms with Crippen LogP contribution in [0, 0.1) is 18.3 Å². The minimum absolute atomic E-state index is 0.538. The molecule has 1 fully saturated rings. The Morgan fingerprint density at radius 3 is 2.45 bits per heavy atom. The van der Waals surface area contributed by atoms with E-state index in [9.17, 15) is 5.26 Å². The Bertz CT molecular complexity index is 1230. The molecule has 0 N–H and O–H groups in total. The van der Waals surface area contributed by atoms with Gasteiger partial charge >= 0.3 is 0 Å². The number of nitriles is 1. The molecule has 0 unspecified atom stereocenters. The van der Waals surface area contributed by atoms with Gasteiger partial charge in [-0.25, -0.2) is 9.50 Å². The Balaban J connectivity index is 1.45. The van der Waals surface area contributed by atoms with E-state index in [1.807, 2.05) is 31.2 Å². The molecule has 7 heteroatoms. The summed E-state index contributed by atoms with van der Waals surface area (Å²) in [6.07, 6.45) is 3.52. The number of pyridine rings is 1. The number of hydrogen-bond donors (Lipinski definition) is 0. The molecule has 4 heterocycles. The van der Waals surface area contributed by atoms with Crippen LogP contribution >= 0.6 is 0 Å². The molecular formula is C24H23N7. The molecule has 4 aromatic rings. The topological polar surface area (TPSA) is 73.3 Å². The second-order valence-electron chi connectivity index (χ2n) is 7.81. The summed E-state index contributed by atoms with van der Waals surface area (Å²) in [4.78, 5) is 13.4. The summed E-state index contributed by atoms with van der Waals surface area (Å²) in [7, 11) is 0. The van der Waals surface area contributed by atoms with Crippen molar-refractivity contribution < 1.29 is 0 Å². The van der Waals surface area contributed by atoms with E-state index in [4.69, 9.17) is 5.10 Å². The van der Waals surface area contributed by atoms with Crippen LogP contribution in [0.4, 0.5) is 5.82 Å². The highest BCUT2D eigenvalue weighted by molar-refractivity contribution is 5.73. The number of anilines is 1. The molecule has 1 aliphatic rings. The highest BCUT2D eigenvalue weighted by atomic mass is 15.4. The van der Waals surface area contributed by atoms with Gasteiger partial charge in [-0.2, -0.15) is 5.26 Å². The maximum Gasteiger partial charge on any atom is 0.176 e. The second-order valence-corrected chi connectivity index (χ2v) is 7.81. The van der Waals surface area contributed by atoms with Gasteiger partial charge in [0.2, 0.25) is 0 Å². The minimum atomic E-state index is 0.538. The van der Waals surface area contributed by atoms with Gasteiger partial charge in [-0.15, -0.1) is 5.10 Å². The Kier molecular flexibility index (Phi) is 5.06. The van der Waals surface area contributed by atoms with Crippen molar-refractivity contribution in [1.82, 2.24) is 24.5 Å². The molecule has 1 aromatic carbocycles. The van der Waals surface area contributed by atoms with Crippen LogP contribution in [-0.4, -0.2) is 50.7 Å². The van der Waals surface area contributed by atoms with E-state index in [1.54, 1.807) is 16.9 Å². The normalized spacial score (nSPS) is 14.6. The Morgan fingerprint density at radius 2 is 1.74 bits per heavy atom. The van der Waals surface area contributed by atoms with Crippen molar-refractivity contribution in [2.45, 2.75) is 13.5 Å². The smallest absolute Gasteiger partial charge is 0.176 e. The van der Waals surface area contributed by atoms with Gasteiger partial charge in [0.05, 0.1) is 5.69 Å². The van der Waals surface area contributed by atoms with Crippen molar-refractivity contribution in [3.05, 3.63) is 77.7 Å². The first-order chi connectivity index (χ1) is 15.2. The van der Waals surface area contributed by atoms with Gasteiger partial charge in [0, 0.05) is 56.4 Å². The van der Waals surface area contributed by atoms with E-state index in [0.717, 1.165) is 55.5 Å². The summed E-state index contributed by atoms with van der Waals surface area (Å²) in [6.45, 7) is 6.40. The van der Waals surface area contributed by atoms with E-state index in [0.29, 0.717) is 11.2 Å². The molecule has 7 nitrogen and oxygen atoms in total. The number of aromatic nitrogens is 4. The zero-order chi connectivity index (χ0) is 21.2. The minimum Gasteiger partial charge on any atom is -0.351 e. The first kappa shape index (κ1) is 19.2. The summed E-state index contributed by atoms with van der Waals surface area (Å²) in [5, 5.41) is 14.8. The molecule has 31 heavy (non-hydrogen) atoms. The average Bonchev–Trinajstić information content (AvgIpc) is 3.18. The van der Waals surface area contributed by atoms with E-state index < -0.39 is 0 Å². The quantitative estimate of drug-likeness (QED) is 0.515. The van der Waals surface area contributed by atoms with Gasteiger partial charge in [0.25, 0.3) is 0 Å². The van der Waals surface area contributed by atoms with Crippen molar-refractivity contribution in [2.24, 2.45) is 0 Å². The predicted molar refractivity (Wildman–Crippen MR) is 120 cm³/mol. The summed E-state index contributed by atoms with van der Waals surface area (Å²) in [5.41, 5.74) is 5.23. The number of fused-ring (bicyclic) bond motifs is 1. The summed E-state index contributed by atoms with van der Waals surface area (Å²) >= 11 is 0. The standard InChI is InChI=1S/C24H23N7/c1-18-15-22(20-7-9-26-10-8-20)31-23(27-18)21(16-25)24(28-31)30-13-11-29(12-14-30)17-19-5-3-2-4-6-19/h2-10,15H,11-14,17H2,1H3. The fourth-order valence-corrected chi connectivity index (χ4v) is 4.14. The van der Waals surface area contributed by atoms with Gasteiger partial charge in [-0.3, -0.25) is 9.88 Å². The molecule has 0 radical (unpaired) electrons. The van der Waals surface area contributed by atoms with Crippen LogP contribution in [0.1, 0.15) is 16.8 Å². The molecule has 3 aromatic heterocycles. The SMILES string of the molecule is Cc1cc(-c2ccncc2)n2nc(N3CCN(Cc4ccccc4)CC3)c(C#N)c2n1. The van der Waals surface area contributed by atoms with Crippen LogP contribution in [0.25, 0.3) is 16.9 Å². The summed E-state index contributed by atoms with van der Waals surface area (Å²) < 4.78 is 1.80. The van der Waals surface area contributed by atoms with Crippen molar-refractivity contribution in [3.8, 4) is 17.3 Å². The fraction of sp³-hybridized carbons (Fsp3) is 0.250. The molecule has 5 rings (SSSR count). The molecule has 0 bridgehead atoms. The third-order valence-corrected chi connectivity index (χ3v) is 5.71. The van der Waals surface area contributed by atoms with Gasteiger partial charge in [0.1, 0.15) is 11.6 Å². The second kappa shape index (κ2) is 8.17. The molecule has 0 spiro atoms. The molecule has 1 saturated heterocycles. The molecular weight excluding hydrogens is 386 g/mol. The van der Waals surface area contributed by atoms with Crippen molar-refractivity contribution in [3.63, 3.8) is 0 Å². The van der Waals surface area contributed by atoms with Gasteiger partial charge in [-0.1, -0.05) is 30.3 Å². The van der Waals surface area contributed by atoms with Crippen LogP contribution in [-0.2, 0) is 6.54 Å². The number of piperazine rings is 1. The maximum absolute atomic E-state index is 9.94. The Hall–Kier alpha value is -3.76. The third kappa shape index (κ3) is 3.74. The maximum atomic E-state index is 9.94. The zero-order valence-corrected chi connectivity index (χ0v) is 17.4. The van der Waals surface area contributed by atoms with E-state index >= 15 is 0 Å². The lowest BCUT2D eigenvalue weighted by Gasteiger charge is -2.34. The number of aryl methyl sites for hydroxylation is 1. The zero-order valence-electron chi connectivity index (χ0n) is 17.4. The van der Waals surface area contributed by atoms with Crippen LogP contribution in [0.5, 0.6) is 0 Å². The van der Waals surface area contributed by atoms with Gasteiger partial charge < -0.3 is 4.90 Å². The van der Waals surface area contributed by atoms with E-state index in [2.05, 4.69) is 50.1 Å². The van der Waals surface area contributed by atoms with Crippen LogP contribution < -0.4 is 4.90 Å². The van der Waals surface area contributed by atoms with Crippen molar-refractivity contribution in [2.75, 3.05) is 31.1 Å². The van der Waals surface area contributed by atoms with Crippen molar-refractivity contribution in [1.29, 1.82) is 5.26 Å². The van der Waals surface area contributed by atoms with Crippen molar-refractivity contribution >= 4 is 11.5 Å². The van der Waals surface area contributed by atoms with Gasteiger partial charge in [-0.05, 0) is 30.7 Å². The molecule has 1 aliphatic heterocycles. The monoisotopic (exact) mass is 409 g/mol. The summed E-state index contributed by atoms with van der Waals surface area (Å²) in [6, 6.07) is 18.8. The number of nitrogens with zero attached hydrogens (tertiary/aromatic N) is 7. The largest absolute Gasteiger partial charge is 0.351 e. The van der Waals surface area contributed by atoms with Crippen LogP contribution in [0.2, 0.25) is 0 Å². The van der Waals surface area contributed by atoms with Crippen LogP contribution in [0.3, 0.4) is 0 Å². The number of rotatable bonds is 4. The van der Waals surface area contributed by atoms with E-state index in [-0.39, 0.29) is 0 Å². The predicted octanol–water partition coefficient (Wildman–Crippen LogP) is 3.29. The highest BCUT2D eigenvalue weighted by Crippen LogP contribution is 2.28. The molecule has 0 amide bonds. The summed E-state index contributed by atoms with van der Waals surface area (Å²) in [5.74, 6) is 0.718. The molecule has 0 saturated carbocycles. The molecule has 154 valence electrons. The van der Waals surface area contributed by atoms with E-state index in [1.165, 1.54) is 5.56 Å². The first-order valence-electron chi connectivity index (χ1n) is 10.4. The number of hydrogen-bond acceptors (Lipinski definition) is 6. The highest BCUT2D eigenvalue weighted by Gasteiger charge is 2.25. The van der Waals surface area contributed by atoms with Gasteiger partial charge in [0.15, 0.2) is 11.5 Å². The number of benzene rings is 1. The average molecular weight is 409 g/mol. The fourth-order valence-electron chi connectivity index (χ4n) is 4.14. The lowest BCUT2D eigenvalue weighted by atomic mass is 10.1. The Morgan fingerprint density at radius 1 is 1.00 bits per heavy atom. The lowest BCUT2D eigenvalue weighted by molar-refractivity contribution is 0.249.